The number of esters is 1. The van der Waals surface area contributed by atoms with E-state index in [9.17, 15) is 9.59 Å². The molecule has 0 fully saturated rings. The predicted molar refractivity (Wildman–Crippen MR) is 89.2 cm³/mol. The zero-order valence-electron chi connectivity index (χ0n) is 14.2. The van der Waals surface area contributed by atoms with Crippen LogP contribution in [0.1, 0.15) is 85.3 Å². The number of furan rings is 1. The second kappa shape index (κ2) is 12.6. The van der Waals surface area contributed by atoms with E-state index in [4.69, 9.17) is 19.4 Å². The van der Waals surface area contributed by atoms with Gasteiger partial charge in [0.25, 0.3) is 0 Å². The Morgan fingerprint density at radius 1 is 0.833 bits per heavy atom. The number of ether oxygens (including phenoxy) is 1. The lowest BCUT2D eigenvalue weighted by Crippen LogP contribution is -2.05. The molecule has 1 aromatic heterocycles. The minimum Gasteiger partial charge on any atom is -0.475 e. The van der Waals surface area contributed by atoms with E-state index in [0.717, 1.165) is 32.1 Å². The van der Waals surface area contributed by atoms with Crippen LogP contribution in [0.2, 0.25) is 0 Å². The van der Waals surface area contributed by atoms with Crippen molar-refractivity contribution in [1.29, 1.82) is 0 Å². The number of unbranched alkanes of at least 4 members (excludes halogenated alkanes) is 9. The number of carbonyl (C=O) groups excluding carboxylic acids is 1. The van der Waals surface area contributed by atoms with Gasteiger partial charge in [-0.3, -0.25) is 0 Å². The van der Waals surface area contributed by atoms with E-state index in [1.807, 2.05) is 0 Å². The molecule has 0 atom stereocenters. The second-order valence-corrected chi connectivity index (χ2v) is 5.86. The molecule has 1 rings (SSSR count). The fourth-order valence-corrected chi connectivity index (χ4v) is 2.43. The maximum absolute atomic E-state index is 11.6. The largest absolute Gasteiger partial charge is 0.475 e. The highest BCUT2D eigenvalue weighted by Gasteiger charge is 2.15. The Morgan fingerprint density at radius 2 is 1.33 bits per heavy atom. The Bertz CT molecular complexity index is 480. The molecule has 136 valence electrons. The van der Waals surface area contributed by atoms with Crippen LogP contribution in [0.4, 0.5) is 0 Å². The highest BCUT2D eigenvalue weighted by Crippen LogP contribution is 2.12. The van der Waals surface area contributed by atoms with Crippen LogP contribution in [0.5, 0.6) is 0 Å². The molecule has 0 aromatic carbocycles. The molecule has 6 nitrogen and oxygen atoms in total. The van der Waals surface area contributed by atoms with Gasteiger partial charge in [-0.05, 0) is 25.0 Å². The Hall–Kier alpha value is -1.82. The molecule has 0 saturated carbocycles. The van der Waals surface area contributed by atoms with Crippen molar-refractivity contribution in [2.24, 2.45) is 0 Å². The van der Waals surface area contributed by atoms with E-state index in [0.29, 0.717) is 13.2 Å². The lowest BCUT2D eigenvalue weighted by atomic mass is 10.1. The Labute approximate surface area is 142 Å². The summed E-state index contributed by atoms with van der Waals surface area (Å²) in [5.41, 5.74) is 0. The van der Waals surface area contributed by atoms with Crippen LogP contribution in [0.15, 0.2) is 16.5 Å². The second-order valence-electron chi connectivity index (χ2n) is 5.86. The van der Waals surface area contributed by atoms with Crippen molar-refractivity contribution < 1.29 is 29.0 Å². The number of hydrogen-bond donors (Lipinski definition) is 2. The molecule has 0 radical (unpaired) electrons. The summed E-state index contributed by atoms with van der Waals surface area (Å²) < 4.78 is 9.93. The van der Waals surface area contributed by atoms with Crippen LogP contribution < -0.4 is 0 Å². The molecule has 2 N–H and O–H groups in total. The van der Waals surface area contributed by atoms with Crippen molar-refractivity contribution in [2.45, 2.75) is 64.2 Å². The quantitative estimate of drug-likeness (QED) is 0.392. The number of carbonyl (C=O) groups is 2. The SMILES string of the molecule is O=C(O)c1ccc(C(=O)OCCCCCCCCCCCCO)o1. The van der Waals surface area contributed by atoms with Gasteiger partial charge in [-0.1, -0.05) is 51.4 Å². The topological polar surface area (TPSA) is 97.0 Å². The van der Waals surface area contributed by atoms with Gasteiger partial charge in [-0.2, -0.15) is 0 Å². The van der Waals surface area contributed by atoms with Gasteiger partial charge in [0, 0.05) is 6.61 Å². The van der Waals surface area contributed by atoms with E-state index in [1.165, 1.54) is 44.2 Å². The first-order valence-corrected chi connectivity index (χ1v) is 8.76. The third kappa shape index (κ3) is 8.72. The van der Waals surface area contributed by atoms with Crippen LogP contribution in [0, 0.1) is 0 Å². The molecule has 0 aliphatic heterocycles. The van der Waals surface area contributed by atoms with Crippen molar-refractivity contribution >= 4 is 11.9 Å². The molecule has 24 heavy (non-hydrogen) atoms. The highest BCUT2D eigenvalue weighted by atomic mass is 16.5. The summed E-state index contributed by atoms with van der Waals surface area (Å²) in [4.78, 5) is 22.3. The molecule has 0 amide bonds. The molecule has 0 aliphatic carbocycles. The Morgan fingerprint density at radius 3 is 1.83 bits per heavy atom. The zero-order chi connectivity index (χ0) is 17.6. The molecule has 0 unspecified atom stereocenters. The molecule has 1 heterocycles. The first kappa shape index (κ1) is 20.2. The van der Waals surface area contributed by atoms with Crippen LogP contribution in [0.3, 0.4) is 0 Å². The number of carboxylic acid groups (broad SMARTS) is 1. The monoisotopic (exact) mass is 340 g/mol. The fourth-order valence-electron chi connectivity index (χ4n) is 2.43. The smallest absolute Gasteiger partial charge is 0.374 e. The van der Waals surface area contributed by atoms with E-state index in [2.05, 4.69) is 0 Å². The van der Waals surface area contributed by atoms with Gasteiger partial charge in [-0.15, -0.1) is 0 Å². The van der Waals surface area contributed by atoms with Crippen molar-refractivity contribution in [3.05, 3.63) is 23.7 Å². The Kier molecular flexibility index (Phi) is 10.6. The third-order valence-corrected chi connectivity index (χ3v) is 3.80. The van der Waals surface area contributed by atoms with Gasteiger partial charge in [0.1, 0.15) is 0 Å². The molecular weight excluding hydrogens is 312 g/mol. The Balaban J connectivity index is 1.94. The molecule has 0 aliphatic rings. The van der Waals surface area contributed by atoms with Crippen molar-refractivity contribution in [1.82, 2.24) is 0 Å². The summed E-state index contributed by atoms with van der Waals surface area (Å²) in [6, 6.07) is 2.55. The normalized spacial score (nSPS) is 10.7. The molecule has 0 bridgehead atoms. The fraction of sp³-hybridized carbons (Fsp3) is 0.667. The number of hydrogen-bond acceptors (Lipinski definition) is 5. The van der Waals surface area contributed by atoms with E-state index in [1.54, 1.807) is 0 Å². The lowest BCUT2D eigenvalue weighted by molar-refractivity contribution is 0.0456. The lowest BCUT2D eigenvalue weighted by Gasteiger charge is -2.04. The average molecular weight is 340 g/mol. The summed E-state index contributed by atoms with van der Waals surface area (Å²) in [5.74, 6) is -2.17. The van der Waals surface area contributed by atoms with Crippen molar-refractivity contribution in [3.8, 4) is 0 Å². The number of aliphatic hydroxyl groups is 1. The molecule has 1 aromatic rings. The number of rotatable bonds is 14. The van der Waals surface area contributed by atoms with Gasteiger partial charge in [0.2, 0.25) is 11.5 Å². The van der Waals surface area contributed by atoms with E-state index in [-0.39, 0.29) is 11.5 Å². The average Bonchev–Trinajstić information content (AvgIpc) is 3.06. The summed E-state index contributed by atoms with van der Waals surface area (Å²) in [6.07, 6.45) is 11.1. The van der Waals surface area contributed by atoms with E-state index < -0.39 is 11.9 Å². The summed E-state index contributed by atoms with van der Waals surface area (Å²) in [7, 11) is 0. The van der Waals surface area contributed by atoms with Gasteiger partial charge in [0.05, 0.1) is 6.61 Å². The van der Waals surface area contributed by atoms with Crippen LogP contribution >= 0.6 is 0 Å². The standard InChI is InChI=1S/C18H28O6/c19-13-9-7-5-3-1-2-4-6-8-10-14-23-18(22)16-12-11-15(24-16)17(20)21/h11-12,19H,1-10,13-14H2,(H,20,21). The van der Waals surface area contributed by atoms with Crippen LogP contribution in [0.25, 0.3) is 0 Å². The first-order chi connectivity index (χ1) is 11.6. The zero-order valence-corrected chi connectivity index (χ0v) is 14.2. The summed E-state index contributed by atoms with van der Waals surface area (Å²) in [5, 5.41) is 17.4. The first-order valence-electron chi connectivity index (χ1n) is 8.76. The number of aromatic carboxylic acids is 1. The molecule has 0 spiro atoms. The van der Waals surface area contributed by atoms with Crippen LogP contribution in [-0.2, 0) is 4.74 Å². The predicted octanol–water partition coefficient (Wildman–Crippen LogP) is 4.03. The molecule has 0 saturated heterocycles. The van der Waals surface area contributed by atoms with Gasteiger partial charge >= 0.3 is 11.9 Å². The maximum atomic E-state index is 11.6. The number of carboxylic acids is 1. The van der Waals surface area contributed by atoms with Crippen LogP contribution in [-0.4, -0.2) is 35.4 Å². The van der Waals surface area contributed by atoms with Crippen molar-refractivity contribution in [3.63, 3.8) is 0 Å². The molecular formula is C18H28O6. The maximum Gasteiger partial charge on any atom is 0.374 e. The summed E-state index contributed by atoms with van der Waals surface area (Å²) >= 11 is 0. The minimum absolute atomic E-state index is 0.0754. The highest BCUT2D eigenvalue weighted by molar-refractivity contribution is 5.89. The van der Waals surface area contributed by atoms with Gasteiger partial charge in [0.15, 0.2) is 0 Å². The minimum atomic E-state index is -1.21. The van der Waals surface area contributed by atoms with E-state index >= 15 is 0 Å². The summed E-state index contributed by atoms with van der Waals surface area (Å²) in [6.45, 7) is 0.619. The van der Waals surface area contributed by atoms with Gasteiger partial charge < -0.3 is 19.4 Å². The molecule has 6 heteroatoms. The van der Waals surface area contributed by atoms with Gasteiger partial charge in [-0.25, -0.2) is 9.59 Å². The third-order valence-electron chi connectivity index (χ3n) is 3.80. The van der Waals surface area contributed by atoms with Crippen molar-refractivity contribution in [2.75, 3.05) is 13.2 Å². The number of aliphatic hydroxyl groups excluding tert-OH is 1.